The van der Waals surface area contributed by atoms with E-state index in [-0.39, 0.29) is 0 Å². The van der Waals surface area contributed by atoms with Crippen molar-refractivity contribution in [2.24, 2.45) is 0 Å². The lowest BCUT2D eigenvalue weighted by Crippen LogP contribution is -2.30. The molecule has 0 aliphatic heterocycles. The maximum atomic E-state index is 4.80. The highest BCUT2D eigenvalue weighted by atomic mass is 32.1. The molecule has 0 fully saturated rings. The van der Waals surface area contributed by atoms with E-state index in [1.165, 1.54) is 55.6 Å². The summed E-state index contributed by atoms with van der Waals surface area (Å²) >= 11 is 9.60. The lowest BCUT2D eigenvalue weighted by atomic mass is 9.64. The Morgan fingerprint density at radius 2 is 0.692 bits per heavy atom. The van der Waals surface area contributed by atoms with E-state index in [2.05, 4.69) is 146 Å². The quantitative estimate of drug-likeness (QED) is 0.206. The third-order valence-electron chi connectivity index (χ3n) is 7.94. The first-order valence-electron chi connectivity index (χ1n) is 13.1. The molecule has 186 valence electrons. The summed E-state index contributed by atoms with van der Waals surface area (Å²) in [6, 6.07) is 52.4. The van der Waals surface area contributed by atoms with Gasteiger partial charge in [0.2, 0.25) is 0 Å². The highest BCUT2D eigenvalue weighted by Gasteiger charge is 2.48. The normalized spacial score (nSPS) is 13.1. The van der Waals surface area contributed by atoms with Gasteiger partial charge in [0.15, 0.2) is 0 Å². The SMILES string of the molecule is Sc1ccc(C2(c3ccc(S)cc3-c3ccccc3)c3ccccc3-c3ccccc32)c(-c2ccccc2)c1. The van der Waals surface area contributed by atoms with Gasteiger partial charge in [-0.2, -0.15) is 0 Å². The van der Waals surface area contributed by atoms with Gasteiger partial charge in [0.1, 0.15) is 0 Å². The van der Waals surface area contributed by atoms with Crippen molar-refractivity contribution < 1.29 is 0 Å². The first-order chi connectivity index (χ1) is 19.2. The van der Waals surface area contributed by atoms with E-state index in [4.69, 9.17) is 25.3 Å². The van der Waals surface area contributed by atoms with Crippen molar-refractivity contribution in [1.82, 2.24) is 0 Å². The van der Waals surface area contributed by atoms with Crippen LogP contribution in [0.1, 0.15) is 22.3 Å². The zero-order valence-corrected chi connectivity index (χ0v) is 23.0. The molecule has 0 heterocycles. The Hall–Kier alpha value is -3.98. The number of benzene rings is 6. The Morgan fingerprint density at radius 1 is 0.333 bits per heavy atom. The first kappa shape index (κ1) is 24.1. The number of hydrogen-bond donors (Lipinski definition) is 2. The minimum atomic E-state index is -0.549. The van der Waals surface area contributed by atoms with E-state index in [1.54, 1.807) is 0 Å². The van der Waals surface area contributed by atoms with Crippen molar-refractivity contribution in [2.45, 2.75) is 15.2 Å². The van der Waals surface area contributed by atoms with Crippen LogP contribution in [0.5, 0.6) is 0 Å². The van der Waals surface area contributed by atoms with Gasteiger partial charge in [-0.1, -0.05) is 121 Å². The molecule has 2 heteroatoms. The predicted octanol–water partition coefficient (Wildman–Crippen LogP) is 9.96. The molecule has 0 N–H and O–H groups in total. The molecule has 0 saturated heterocycles. The summed E-state index contributed by atoms with van der Waals surface area (Å²) in [4.78, 5) is 1.89. The zero-order chi connectivity index (χ0) is 26.4. The van der Waals surface area contributed by atoms with Crippen molar-refractivity contribution in [2.75, 3.05) is 0 Å². The van der Waals surface area contributed by atoms with E-state index in [0.717, 1.165) is 9.79 Å². The van der Waals surface area contributed by atoms with Gasteiger partial charge < -0.3 is 0 Å². The molecule has 0 bridgehead atoms. The van der Waals surface area contributed by atoms with Crippen molar-refractivity contribution in [3.8, 4) is 33.4 Å². The van der Waals surface area contributed by atoms with Gasteiger partial charge in [-0.15, -0.1) is 25.3 Å². The summed E-state index contributed by atoms with van der Waals surface area (Å²) in [5, 5.41) is 0. The summed E-state index contributed by atoms with van der Waals surface area (Å²) in [6.45, 7) is 0. The topological polar surface area (TPSA) is 0 Å². The molecule has 0 atom stereocenters. The van der Waals surface area contributed by atoms with Crippen LogP contribution >= 0.6 is 25.3 Å². The van der Waals surface area contributed by atoms with E-state index in [9.17, 15) is 0 Å². The fraction of sp³-hybridized carbons (Fsp3) is 0.0270. The molecule has 1 aliphatic rings. The summed E-state index contributed by atoms with van der Waals surface area (Å²) in [5.41, 5.74) is 11.8. The van der Waals surface area contributed by atoms with Crippen LogP contribution in [-0.4, -0.2) is 0 Å². The third kappa shape index (κ3) is 3.78. The van der Waals surface area contributed by atoms with Crippen LogP contribution in [0.25, 0.3) is 33.4 Å². The average molecular weight is 535 g/mol. The minimum Gasteiger partial charge on any atom is -0.143 e. The van der Waals surface area contributed by atoms with Crippen LogP contribution in [0.3, 0.4) is 0 Å². The smallest absolute Gasteiger partial charge is 0.0725 e. The van der Waals surface area contributed by atoms with Gasteiger partial charge in [0, 0.05) is 9.79 Å². The molecule has 39 heavy (non-hydrogen) atoms. The monoisotopic (exact) mass is 534 g/mol. The van der Waals surface area contributed by atoms with Crippen molar-refractivity contribution >= 4 is 25.3 Å². The molecule has 0 spiro atoms. The number of thiol groups is 2. The van der Waals surface area contributed by atoms with Gasteiger partial charge in [0.25, 0.3) is 0 Å². The second-order valence-corrected chi connectivity index (χ2v) is 11.1. The zero-order valence-electron chi connectivity index (χ0n) is 21.3. The van der Waals surface area contributed by atoms with E-state index in [0.29, 0.717) is 0 Å². The van der Waals surface area contributed by atoms with Gasteiger partial charge >= 0.3 is 0 Å². The molecule has 0 nitrogen and oxygen atoms in total. The molecule has 0 amide bonds. The summed E-state index contributed by atoms with van der Waals surface area (Å²) in [7, 11) is 0. The second-order valence-electron chi connectivity index (χ2n) is 10.0. The van der Waals surface area contributed by atoms with Crippen LogP contribution in [0, 0.1) is 0 Å². The number of rotatable bonds is 4. The Labute approximate surface area is 240 Å². The maximum absolute atomic E-state index is 4.80. The van der Waals surface area contributed by atoms with Crippen LogP contribution in [0.15, 0.2) is 155 Å². The largest absolute Gasteiger partial charge is 0.143 e. The van der Waals surface area contributed by atoms with Gasteiger partial charge in [-0.3, -0.25) is 0 Å². The van der Waals surface area contributed by atoms with E-state index < -0.39 is 5.41 Å². The molecule has 6 aromatic rings. The van der Waals surface area contributed by atoms with Crippen molar-refractivity contribution in [3.63, 3.8) is 0 Å². The molecule has 0 unspecified atom stereocenters. The van der Waals surface area contributed by atoms with Gasteiger partial charge in [-0.05, 0) is 79.9 Å². The Kier molecular flexibility index (Phi) is 5.96. The summed E-state index contributed by atoms with van der Waals surface area (Å²) in [5.74, 6) is 0. The van der Waals surface area contributed by atoms with Gasteiger partial charge in [0.05, 0.1) is 5.41 Å². The first-order valence-corrected chi connectivity index (χ1v) is 14.0. The Bertz CT molecular complexity index is 1680. The van der Waals surface area contributed by atoms with Crippen LogP contribution in [0.4, 0.5) is 0 Å². The van der Waals surface area contributed by atoms with E-state index >= 15 is 0 Å². The van der Waals surface area contributed by atoms with Crippen LogP contribution in [-0.2, 0) is 5.41 Å². The predicted molar refractivity (Wildman–Crippen MR) is 169 cm³/mol. The third-order valence-corrected chi connectivity index (χ3v) is 8.49. The van der Waals surface area contributed by atoms with Crippen molar-refractivity contribution in [3.05, 3.63) is 168 Å². The molecule has 6 aromatic carbocycles. The molecule has 7 rings (SSSR count). The minimum absolute atomic E-state index is 0.549. The van der Waals surface area contributed by atoms with E-state index in [1.807, 2.05) is 0 Å². The van der Waals surface area contributed by atoms with Gasteiger partial charge in [-0.25, -0.2) is 0 Å². The number of fused-ring (bicyclic) bond motifs is 3. The molecule has 0 saturated carbocycles. The molecular weight excluding hydrogens is 509 g/mol. The average Bonchev–Trinajstić information content (AvgIpc) is 3.29. The highest BCUT2D eigenvalue weighted by Crippen LogP contribution is 2.59. The van der Waals surface area contributed by atoms with Crippen LogP contribution in [0.2, 0.25) is 0 Å². The second kappa shape index (κ2) is 9.64. The van der Waals surface area contributed by atoms with Crippen molar-refractivity contribution in [1.29, 1.82) is 0 Å². The Balaban J connectivity index is 1.69. The molecule has 0 aromatic heterocycles. The highest BCUT2D eigenvalue weighted by molar-refractivity contribution is 7.80. The summed E-state index contributed by atoms with van der Waals surface area (Å²) in [6.07, 6.45) is 0. The molecule has 1 aliphatic carbocycles. The Morgan fingerprint density at radius 3 is 1.13 bits per heavy atom. The fourth-order valence-electron chi connectivity index (χ4n) is 6.39. The standard InChI is InChI=1S/C37H26S2/c38-27-19-21-35(31(23-27)25-11-3-1-4-12-25)37(33-17-9-7-15-29(33)30-16-8-10-18-34(30)37)36-22-20-28(39)24-32(36)26-13-5-2-6-14-26/h1-24,38-39H. The lowest BCUT2D eigenvalue weighted by molar-refractivity contribution is 0.770. The number of hydrogen-bond acceptors (Lipinski definition) is 2. The molecule has 0 radical (unpaired) electrons. The lowest BCUT2D eigenvalue weighted by Gasteiger charge is -2.37. The maximum Gasteiger partial charge on any atom is 0.0725 e. The summed E-state index contributed by atoms with van der Waals surface area (Å²) < 4.78 is 0. The fourth-order valence-corrected chi connectivity index (χ4v) is 6.80. The van der Waals surface area contributed by atoms with Crippen LogP contribution < -0.4 is 0 Å². The molecular formula is C37H26S2.